The number of anilines is 1. The topological polar surface area (TPSA) is 29.3 Å². The van der Waals surface area contributed by atoms with Crippen molar-refractivity contribution in [1.82, 2.24) is 0 Å². The largest absolute Gasteiger partial charge is 0.371 e. The van der Waals surface area contributed by atoms with Gasteiger partial charge in [-0.3, -0.25) is 0 Å². The molecule has 3 heteroatoms. The Balaban J connectivity index is 2.25. The summed E-state index contributed by atoms with van der Waals surface area (Å²) in [5, 5.41) is 0. The zero-order valence-corrected chi connectivity index (χ0v) is 11.3. The highest BCUT2D eigenvalue weighted by Crippen LogP contribution is 2.32. The maximum absolute atomic E-state index is 13.9. The van der Waals surface area contributed by atoms with Crippen molar-refractivity contribution in [2.45, 2.75) is 39.2 Å². The van der Waals surface area contributed by atoms with Crippen LogP contribution in [0.3, 0.4) is 0 Å². The fraction of sp³-hybridized carbons (Fsp3) is 0.600. The van der Waals surface area contributed by atoms with Gasteiger partial charge in [0.05, 0.1) is 0 Å². The molecule has 0 aliphatic heterocycles. The van der Waals surface area contributed by atoms with E-state index in [-0.39, 0.29) is 11.9 Å². The van der Waals surface area contributed by atoms with Crippen LogP contribution in [0.25, 0.3) is 0 Å². The zero-order chi connectivity index (χ0) is 13.1. The van der Waals surface area contributed by atoms with Gasteiger partial charge in [-0.1, -0.05) is 12.5 Å². The Morgan fingerprint density at radius 1 is 1.44 bits per heavy atom. The van der Waals surface area contributed by atoms with Gasteiger partial charge in [-0.2, -0.15) is 0 Å². The van der Waals surface area contributed by atoms with E-state index < -0.39 is 0 Å². The van der Waals surface area contributed by atoms with E-state index in [0.29, 0.717) is 5.56 Å². The van der Waals surface area contributed by atoms with Crippen LogP contribution in [-0.4, -0.2) is 13.1 Å². The Labute approximate surface area is 109 Å². The lowest BCUT2D eigenvalue weighted by atomic mass is 9.85. The van der Waals surface area contributed by atoms with E-state index in [9.17, 15) is 4.39 Å². The predicted octanol–water partition coefficient (Wildman–Crippen LogP) is 3.47. The fourth-order valence-electron chi connectivity index (χ4n) is 2.64. The summed E-state index contributed by atoms with van der Waals surface area (Å²) in [6.45, 7) is 5.90. The molecule has 18 heavy (non-hydrogen) atoms. The predicted molar refractivity (Wildman–Crippen MR) is 74.2 cm³/mol. The normalized spacial score (nSPS) is 17.3. The van der Waals surface area contributed by atoms with Crippen molar-refractivity contribution in [2.24, 2.45) is 11.7 Å². The minimum Gasteiger partial charge on any atom is -0.371 e. The number of rotatable bonds is 5. The lowest BCUT2D eigenvalue weighted by Gasteiger charge is -2.34. The summed E-state index contributed by atoms with van der Waals surface area (Å²) < 4.78 is 13.9. The minimum absolute atomic E-state index is 0.186. The number of hydrogen-bond donors (Lipinski definition) is 1. The first kappa shape index (κ1) is 13.3. The maximum atomic E-state index is 13.9. The first-order valence-corrected chi connectivity index (χ1v) is 6.92. The summed E-state index contributed by atoms with van der Waals surface area (Å²) in [7, 11) is 0. The minimum atomic E-state index is -0.267. The Hall–Kier alpha value is -1.09. The quantitative estimate of drug-likeness (QED) is 0.867. The number of halogens is 1. The zero-order valence-electron chi connectivity index (χ0n) is 11.3. The van der Waals surface area contributed by atoms with E-state index in [1.807, 2.05) is 13.0 Å². The van der Waals surface area contributed by atoms with Gasteiger partial charge >= 0.3 is 0 Å². The van der Waals surface area contributed by atoms with Crippen molar-refractivity contribution in [3.63, 3.8) is 0 Å². The molecule has 1 saturated carbocycles. The third-order valence-electron chi connectivity index (χ3n) is 3.91. The van der Waals surface area contributed by atoms with E-state index in [1.165, 1.54) is 25.3 Å². The molecule has 2 N–H and O–H groups in total. The molecule has 1 unspecified atom stereocenters. The molecule has 1 aromatic rings. The van der Waals surface area contributed by atoms with Gasteiger partial charge in [-0.25, -0.2) is 4.39 Å². The Morgan fingerprint density at radius 2 is 2.17 bits per heavy atom. The first-order chi connectivity index (χ1) is 8.63. The van der Waals surface area contributed by atoms with Crippen LogP contribution in [-0.2, 0) is 0 Å². The smallest absolute Gasteiger partial charge is 0.130 e. The standard InChI is InChI=1S/C15H23FN2/c1-3-18(10-12-6-4-7-12)14-9-5-8-13(16)15(14)11(2)17/h5,8-9,11-12H,3-4,6-7,10,17H2,1-2H3. The third kappa shape index (κ3) is 2.66. The van der Waals surface area contributed by atoms with Crippen molar-refractivity contribution < 1.29 is 4.39 Å². The number of benzene rings is 1. The van der Waals surface area contributed by atoms with Crippen LogP contribution in [0.4, 0.5) is 10.1 Å². The molecule has 0 heterocycles. The van der Waals surface area contributed by atoms with Crippen LogP contribution in [0.15, 0.2) is 18.2 Å². The van der Waals surface area contributed by atoms with E-state index in [2.05, 4.69) is 11.8 Å². The monoisotopic (exact) mass is 250 g/mol. The first-order valence-electron chi connectivity index (χ1n) is 6.92. The molecule has 100 valence electrons. The molecule has 0 amide bonds. The summed E-state index contributed by atoms with van der Waals surface area (Å²) in [5.41, 5.74) is 7.54. The lowest BCUT2D eigenvalue weighted by molar-refractivity contribution is 0.318. The van der Waals surface area contributed by atoms with Gasteiger partial charge in [0.15, 0.2) is 0 Å². The van der Waals surface area contributed by atoms with Gasteiger partial charge < -0.3 is 10.6 Å². The van der Waals surface area contributed by atoms with Gasteiger partial charge in [0.1, 0.15) is 5.82 Å². The van der Waals surface area contributed by atoms with E-state index in [4.69, 9.17) is 5.73 Å². The van der Waals surface area contributed by atoms with Gasteiger partial charge in [-0.05, 0) is 44.7 Å². The van der Waals surface area contributed by atoms with Crippen LogP contribution in [0.2, 0.25) is 0 Å². The second-order valence-electron chi connectivity index (χ2n) is 5.30. The van der Waals surface area contributed by atoms with Gasteiger partial charge in [-0.15, -0.1) is 0 Å². The van der Waals surface area contributed by atoms with E-state index in [0.717, 1.165) is 24.7 Å². The maximum Gasteiger partial charge on any atom is 0.130 e. The molecule has 2 rings (SSSR count). The summed E-state index contributed by atoms with van der Waals surface area (Å²) in [4.78, 5) is 2.27. The second-order valence-corrected chi connectivity index (χ2v) is 5.30. The Morgan fingerprint density at radius 3 is 2.67 bits per heavy atom. The van der Waals surface area contributed by atoms with Crippen molar-refractivity contribution in [1.29, 1.82) is 0 Å². The summed E-state index contributed by atoms with van der Waals surface area (Å²) in [6.07, 6.45) is 3.95. The summed E-state index contributed by atoms with van der Waals surface area (Å²) >= 11 is 0. The average Bonchev–Trinajstić information content (AvgIpc) is 2.27. The van der Waals surface area contributed by atoms with E-state index in [1.54, 1.807) is 6.07 Å². The number of nitrogens with two attached hydrogens (primary N) is 1. The summed E-state index contributed by atoms with van der Waals surface area (Å²) in [6, 6.07) is 5.00. The Bertz CT molecular complexity index is 399. The molecular formula is C15H23FN2. The highest BCUT2D eigenvalue weighted by molar-refractivity contribution is 5.55. The Kier molecular flexibility index (Phi) is 4.23. The molecule has 0 radical (unpaired) electrons. The van der Waals surface area contributed by atoms with Gasteiger partial charge in [0.2, 0.25) is 0 Å². The van der Waals surface area contributed by atoms with Crippen LogP contribution < -0.4 is 10.6 Å². The molecule has 1 fully saturated rings. The molecular weight excluding hydrogens is 227 g/mol. The van der Waals surface area contributed by atoms with Crippen molar-refractivity contribution in [2.75, 3.05) is 18.0 Å². The molecule has 1 atom stereocenters. The van der Waals surface area contributed by atoms with Crippen LogP contribution >= 0.6 is 0 Å². The van der Waals surface area contributed by atoms with Gasteiger partial charge in [0.25, 0.3) is 0 Å². The highest BCUT2D eigenvalue weighted by Gasteiger charge is 2.23. The van der Waals surface area contributed by atoms with Crippen molar-refractivity contribution in [3.05, 3.63) is 29.6 Å². The number of hydrogen-bond acceptors (Lipinski definition) is 2. The summed E-state index contributed by atoms with van der Waals surface area (Å²) in [5.74, 6) is 0.587. The number of nitrogens with zero attached hydrogens (tertiary/aromatic N) is 1. The molecule has 1 aliphatic rings. The van der Waals surface area contributed by atoms with Crippen LogP contribution in [0, 0.1) is 11.7 Å². The molecule has 0 aromatic heterocycles. The molecule has 2 nitrogen and oxygen atoms in total. The highest BCUT2D eigenvalue weighted by atomic mass is 19.1. The van der Waals surface area contributed by atoms with Crippen molar-refractivity contribution >= 4 is 5.69 Å². The molecule has 0 saturated heterocycles. The average molecular weight is 250 g/mol. The molecule has 0 spiro atoms. The van der Waals surface area contributed by atoms with Crippen molar-refractivity contribution in [3.8, 4) is 0 Å². The second kappa shape index (κ2) is 5.70. The van der Waals surface area contributed by atoms with Gasteiger partial charge in [0, 0.05) is 30.4 Å². The third-order valence-corrected chi connectivity index (χ3v) is 3.91. The fourth-order valence-corrected chi connectivity index (χ4v) is 2.64. The molecule has 0 bridgehead atoms. The van der Waals surface area contributed by atoms with Crippen LogP contribution in [0.5, 0.6) is 0 Å². The SMILES string of the molecule is CCN(CC1CCC1)c1cccc(F)c1C(C)N. The molecule has 1 aromatic carbocycles. The molecule has 1 aliphatic carbocycles. The van der Waals surface area contributed by atoms with Crippen LogP contribution in [0.1, 0.15) is 44.7 Å². The lowest BCUT2D eigenvalue weighted by Crippen LogP contribution is -2.33. The van der Waals surface area contributed by atoms with E-state index >= 15 is 0 Å².